The molecule has 7 nitrogen and oxygen atoms in total. The van der Waals surface area contributed by atoms with Crippen LogP contribution in [0.1, 0.15) is 96.3 Å². The molecule has 7 heteroatoms. The molecule has 30 heavy (non-hydrogen) atoms. The molecule has 172 valence electrons. The molecule has 0 unspecified atom stereocenters. The molecule has 2 amide bonds. The first kappa shape index (κ1) is 24.8. The van der Waals surface area contributed by atoms with Gasteiger partial charge in [0.05, 0.1) is 26.2 Å². The van der Waals surface area contributed by atoms with E-state index in [1.165, 1.54) is 70.6 Å². The van der Waals surface area contributed by atoms with Crippen LogP contribution in [-0.4, -0.2) is 49.3 Å². The number of imide groups is 1. The van der Waals surface area contributed by atoms with E-state index < -0.39 is 17.8 Å². The van der Waals surface area contributed by atoms with Gasteiger partial charge in [-0.3, -0.25) is 9.59 Å². The molecule has 1 heterocycles. The maximum absolute atomic E-state index is 11.6. The molecular weight excluding hydrogens is 386 g/mol. The van der Waals surface area contributed by atoms with Crippen LogP contribution in [-0.2, 0) is 28.7 Å². The average molecular weight is 426 g/mol. The third kappa shape index (κ3) is 10.5. The van der Waals surface area contributed by atoms with Gasteiger partial charge in [-0.1, -0.05) is 64.2 Å². The van der Waals surface area contributed by atoms with Crippen LogP contribution < -0.4 is 0 Å². The predicted octanol–water partition coefficient (Wildman–Crippen LogP) is 4.33. The lowest BCUT2D eigenvalue weighted by Crippen LogP contribution is -2.32. The zero-order chi connectivity index (χ0) is 21.4. The van der Waals surface area contributed by atoms with Crippen molar-refractivity contribution in [1.82, 2.24) is 5.06 Å². The van der Waals surface area contributed by atoms with Crippen molar-refractivity contribution in [2.24, 2.45) is 5.92 Å². The van der Waals surface area contributed by atoms with Crippen molar-refractivity contribution in [1.29, 1.82) is 0 Å². The minimum atomic E-state index is -0.638. The van der Waals surface area contributed by atoms with E-state index in [1.54, 1.807) is 0 Å². The highest BCUT2D eigenvalue weighted by atomic mass is 16.7. The lowest BCUT2D eigenvalue weighted by molar-refractivity contribution is -0.198. The molecular formula is C23H39NO6. The summed E-state index contributed by atoms with van der Waals surface area (Å²) in [5.41, 5.74) is 0. The van der Waals surface area contributed by atoms with Crippen LogP contribution in [0.5, 0.6) is 0 Å². The lowest BCUT2D eigenvalue weighted by Gasteiger charge is -2.16. The zero-order valence-electron chi connectivity index (χ0n) is 18.4. The Balaban J connectivity index is 1.42. The lowest BCUT2D eigenvalue weighted by atomic mass is 9.91. The Morgan fingerprint density at radius 2 is 1.30 bits per heavy atom. The molecule has 0 aromatic rings. The molecule has 0 radical (unpaired) electrons. The summed E-state index contributed by atoms with van der Waals surface area (Å²) in [6.45, 7) is 1.85. The van der Waals surface area contributed by atoms with Gasteiger partial charge in [-0.15, -0.1) is 5.06 Å². The molecule has 1 saturated carbocycles. The molecule has 1 aliphatic heterocycles. The molecule has 2 fully saturated rings. The standard InChI is InChI=1S/C23H39NO6/c25-21-13-14-22(26)24(21)30-23(27)15-17-29-19-18-28-16-9-12-20-10-7-5-3-1-2-4-6-8-11-20/h20H,1-19H2. The van der Waals surface area contributed by atoms with E-state index in [0.29, 0.717) is 18.3 Å². The summed E-state index contributed by atoms with van der Waals surface area (Å²) >= 11 is 0. The fourth-order valence-electron chi connectivity index (χ4n) is 4.12. The summed E-state index contributed by atoms with van der Waals surface area (Å²) in [7, 11) is 0. The smallest absolute Gasteiger partial charge is 0.335 e. The molecule has 2 aliphatic rings. The second-order valence-electron chi connectivity index (χ2n) is 8.43. The Morgan fingerprint density at radius 1 is 0.767 bits per heavy atom. The largest absolute Gasteiger partial charge is 0.379 e. The Labute approximate surface area is 180 Å². The number of nitrogens with zero attached hydrogens (tertiary/aromatic N) is 1. The van der Waals surface area contributed by atoms with Gasteiger partial charge in [0.1, 0.15) is 0 Å². The van der Waals surface area contributed by atoms with Crippen LogP contribution in [0.2, 0.25) is 0 Å². The summed E-state index contributed by atoms with van der Waals surface area (Å²) in [6.07, 6.45) is 16.5. The van der Waals surface area contributed by atoms with Gasteiger partial charge in [0.2, 0.25) is 0 Å². The van der Waals surface area contributed by atoms with Crippen molar-refractivity contribution in [3.8, 4) is 0 Å². The third-order valence-corrected chi connectivity index (χ3v) is 5.90. The number of hydrogen-bond donors (Lipinski definition) is 0. The van der Waals surface area contributed by atoms with Gasteiger partial charge < -0.3 is 14.3 Å². The quantitative estimate of drug-likeness (QED) is 0.362. The topological polar surface area (TPSA) is 82.1 Å². The molecule has 0 aromatic heterocycles. The van der Waals surface area contributed by atoms with Gasteiger partial charge in [-0.05, 0) is 18.8 Å². The number of carbonyl (C=O) groups excluding carboxylic acids is 3. The van der Waals surface area contributed by atoms with Gasteiger partial charge in [0, 0.05) is 19.4 Å². The first-order valence-corrected chi connectivity index (χ1v) is 11.9. The van der Waals surface area contributed by atoms with Gasteiger partial charge in [0.25, 0.3) is 11.8 Å². The molecule has 0 N–H and O–H groups in total. The summed E-state index contributed by atoms with van der Waals surface area (Å²) < 4.78 is 11.0. The van der Waals surface area contributed by atoms with Gasteiger partial charge >= 0.3 is 5.97 Å². The maximum Gasteiger partial charge on any atom is 0.335 e. The first-order valence-electron chi connectivity index (χ1n) is 11.9. The van der Waals surface area contributed by atoms with Crippen molar-refractivity contribution in [2.75, 3.05) is 26.4 Å². The van der Waals surface area contributed by atoms with E-state index in [2.05, 4.69) is 0 Å². The molecule has 0 atom stereocenters. The van der Waals surface area contributed by atoms with E-state index >= 15 is 0 Å². The van der Waals surface area contributed by atoms with Crippen LogP contribution in [0.15, 0.2) is 0 Å². The predicted molar refractivity (Wildman–Crippen MR) is 112 cm³/mol. The van der Waals surface area contributed by atoms with Crippen molar-refractivity contribution in [3.63, 3.8) is 0 Å². The number of rotatable bonds is 11. The average Bonchev–Trinajstić information content (AvgIpc) is 3.01. The Bertz CT molecular complexity index is 496. The second kappa shape index (κ2) is 15.3. The SMILES string of the molecule is O=C(CCOCCOCCCC1CCCCCCCCCC1)ON1C(=O)CCC1=O. The Hall–Kier alpha value is -1.47. The van der Waals surface area contributed by atoms with Gasteiger partial charge in [-0.2, -0.15) is 0 Å². The normalized spacial score (nSPS) is 19.7. The minimum absolute atomic E-state index is 0.00125. The maximum atomic E-state index is 11.6. The number of hydroxylamine groups is 2. The number of ether oxygens (including phenoxy) is 2. The summed E-state index contributed by atoms with van der Waals surface area (Å²) in [6, 6.07) is 0. The van der Waals surface area contributed by atoms with Gasteiger partial charge in [-0.25, -0.2) is 4.79 Å². The van der Waals surface area contributed by atoms with Gasteiger partial charge in [0.15, 0.2) is 0 Å². The van der Waals surface area contributed by atoms with E-state index in [-0.39, 0.29) is 25.9 Å². The van der Waals surface area contributed by atoms with Crippen molar-refractivity contribution in [2.45, 2.75) is 96.3 Å². The molecule has 1 saturated heterocycles. The zero-order valence-corrected chi connectivity index (χ0v) is 18.4. The summed E-state index contributed by atoms with van der Waals surface area (Å²) in [5.74, 6) is -0.725. The van der Waals surface area contributed by atoms with Crippen LogP contribution in [0.3, 0.4) is 0 Å². The molecule has 0 spiro atoms. The van der Waals surface area contributed by atoms with Crippen LogP contribution in [0.25, 0.3) is 0 Å². The minimum Gasteiger partial charge on any atom is -0.379 e. The van der Waals surface area contributed by atoms with Crippen molar-refractivity contribution in [3.05, 3.63) is 0 Å². The first-order chi connectivity index (χ1) is 14.7. The van der Waals surface area contributed by atoms with Crippen molar-refractivity contribution < 1.29 is 28.7 Å². The van der Waals surface area contributed by atoms with E-state index in [1.807, 2.05) is 0 Å². The highest BCUT2D eigenvalue weighted by Crippen LogP contribution is 2.24. The van der Waals surface area contributed by atoms with E-state index in [4.69, 9.17) is 14.3 Å². The molecule has 2 rings (SSSR count). The Kier molecular flexibility index (Phi) is 12.7. The number of amides is 2. The Morgan fingerprint density at radius 3 is 1.90 bits per heavy atom. The highest BCUT2D eigenvalue weighted by molar-refractivity contribution is 6.01. The van der Waals surface area contributed by atoms with E-state index in [0.717, 1.165) is 18.9 Å². The fourth-order valence-corrected chi connectivity index (χ4v) is 4.12. The molecule has 0 bridgehead atoms. The van der Waals surface area contributed by atoms with Crippen LogP contribution in [0.4, 0.5) is 0 Å². The number of carbonyl (C=O) groups is 3. The summed E-state index contributed by atoms with van der Waals surface area (Å²) in [4.78, 5) is 39.2. The molecule has 0 aromatic carbocycles. The number of hydrogen-bond acceptors (Lipinski definition) is 6. The monoisotopic (exact) mass is 425 g/mol. The highest BCUT2D eigenvalue weighted by Gasteiger charge is 2.32. The van der Waals surface area contributed by atoms with Crippen LogP contribution in [0, 0.1) is 5.92 Å². The van der Waals surface area contributed by atoms with Crippen LogP contribution >= 0.6 is 0 Å². The van der Waals surface area contributed by atoms with Crippen molar-refractivity contribution >= 4 is 17.8 Å². The third-order valence-electron chi connectivity index (χ3n) is 5.90. The summed E-state index contributed by atoms with van der Waals surface area (Å²) in [5, 5.41) is 0.562. The van der Waals surface area contributed by atoms with E-state index in [9.17, 15) is 14.4 Å². The second-order valence-corrected chi connectivity index (χ2v) is 8.43. The molecule has 1 aliphatic carbocycles. The fraction of sp³-hybridized carbons (Fsp3) is 0.870.